The van der Waals surface area contributed by atoms with Gasteiger partial charge >= 0.3 is 6.36 Å². The van der Waals surface area contributed by atoms with Crippen molar-refractivity contribution >= 4 is 23.1 Å². The van der Waals surface area contributed by atoms with Gasteiger partial charge in [-0.3, -0.25) is 14.5 Å². The number of aliphatic hydroxyl groups excluding tert-OH is 1. The fourth-order valence-electron chi connectivity index (χ4n) is 4.00. The standard InChI is InChI=1S/C27H22F3NO6/c1-15(2)36-20-11-5-17(6-12-20)24(33)22-23(16-3-9-19(32)10-4-16)31(26(35)25(22)34)18-7-13-21(14-8-18)37-27(28,29)30/h3-15,23,32-33H,1-2H3/b24-22+. The number of nitrogens with zero attached hydrogens (tertiary/aromatic N) is 1. The molecule has 0 spiro atoms. The molecule has 0 aliphatic carbocycles. The number of anilines is 1. The average Bonchev–Trinajstić information content (AvgIpc) is 3.09. The van der Waals surface area contributed by atoms with Gasteiger partial charge in [0, 0.05) is 11.3 Å². The molecule has 192 valence electrons. The zero-order valence-electron chi connectivity index (χ0n) is 19.7. The van der Waals surface area contributed by atoms with Crippen LogP contribution in [-0.2, 0) is 9.59 Å². The number of carbonyl (C=O) groups is 2. The van der Waals surface area contributed by atoms with Crippen LogP contribution in [0, 0.1) is 0 Å². The van der Waals surface area contributed by atoms with Crippen molar-refractivity contribution in [1.29, 1.82) is 0 Å². The van der Waals surface area contributed by atoms with Crippen molar-refractivity contribution in [3.63, 3.8) is 0 Å². The normalized spacial score (nSPS) is 17.4. The number of phenols is 1. The van der Waals surface area contributed by atoms with E-state index >= 15 is 0 Å². The van der Waals surface area contributed by atoms with E-state index in [4.69, 9.17) is 4.74 Å². The third-order valence-electron chi connectivity index (χ3n) is 5.50. The molecule has 0 saturated carbocycles. The maximum Gasteiger partial charge on any atom is 0.573 e. The van der Waals surface area contributed by atoms with Crippen molar-refractivity contribution in [2.45, 2.75) is 32.4 Å². The highest BCUT2D eigenvalue weighted by molar-refractivity contribution is 6.51. The third-order valence-corrected chi connectivity index (χ3v) is 5.50. The highest BCUT2D eigenvalue weighted by atomic mass is 19.4. The van der Waals surface area contributed by atoms with Crippen LogP contribution in [0.2, 0.25) is 0 Å². The van der Waals surface area contributed by atoms with Crippen molar-refractivity contribution in [1.82, 2.24) is 0 Å². The summed E-state index contributed by atoms with van der Waals surface area (Å²) in [6.45, 7) is 3.71. The lowest BCUT2D eigenvalue weighted by Crippen LogP contribution is -2.29. The average molecular weight is 513 g/mol. The van der Waals surface area contributed by atoms with Gasteiger partial charge in [-0.2, -0.15) is 0 Å². The molecular weight excluding hydrogens is 491 g/mol. The first-order valence-corrected chi connectivity index (χ1v) is 11.2. The van der Waals surface area contributed by atoms with Crippen LogP contribution in [0.5, 0.6) is 17.2 Å². The molecule has 3 aromatic carbocycles. The second-order valence-corrected chi connectivity index (χ2v) is 8.49. The molecule has 1 aliphatic rings. The number of aromatic hydroxyl groups is 1. The lowest BCUT2D eigenvalue weighted by Gasteiger charge is -2.25. The van der Waals surface area contributed by atoms with Crippen LogP contribution < -0.4 is 14.4 Å². The number of rotatable bonds is 6. The highest BCUT2D eigenvalue weighted by Gasteiger charge is 2.47. The van der Waals surface area contributed by atoms with Gasteiger partial charge in [0.1, 0.15) is 23.0 Å². The molecule has 1 unspecified atom stereocenters. The number of hydrogen-bond donors (Lipinski definition) is 2. The van der Waals surface area contributed by atoms with Gasteiger partial charge in [0.05, 0.1) is 17.7 Å². The summed E-state index contributed by atoms with van der Waals surface area (Å²) in [6.07, 6.45) is -4.97. The SMILES string of the molecule is CC(C)Oc1ccc(/C(O)=C2\C(=O)C(=O)N(c3ccc(OC(F)(F)F)cc3)C2c2ccc(O)cc2)cc1. The predicted molar refractivity (Wildman–Crippen MR) is 128 cm³/mol. The molecular formula is C27H22F3NO6. The predicted octanol–water partition coefficient (Wildman–Crippen LogP) is 5.70. The second-order valence-electron chi connectivity index (χ2n) is 8.49. The molecule has 1 atom stereocenters. The third kappa shape index (κ3) is 5.53. The van der Waals surface area contributed by atoms with Crippen LogP contribution in [0.3, 0.4) is 0 Å². The molecule has 1 heterocycles. The summed E-state index contributed by atoms with van der Waals surface area (Å²) in [5, 5.41) is 20.9. The largest absolute Gasteiger partial charge is 0.573 e. The first-order valence-electron chi connectivity index (χ1n) is 11.2. The molecule has 3 aromatic rings. The number of Topliss-reactive ketones (excluding diaryl/α,β-unsaturated/α-hetero) is 1. The topological polar surface area (TPSA) is 96.3 Å². The Labute approximate surface area is 210 Å². The summed E-state index contributed by atoms with van der Waals surface area (Å²) in [4.78, 5) is 27.4. The number of ether oxygens (including phenoxy) is 2. The Hall–Kier alpha value is -4.47. The van der Waals surface area contributed by atoms with Crippen LogP contribution >= 0.6 is 0 Å². The van der Waals surface area contributed by atoms with Crippen LogP contribution in [0.1, 0.15) is 31.0 Å². The number of hydrogen-bond acceptors (Lipinski definition) is 6. The summed E-state index contributed by atoms with van der Waals surface area (Å²) in [6, 6.07) is 15.3. The molecule has 0 bridgehead atoms. The van der Waals surface area contributed by atoms with Gasteiger partial charge in [-0.25, -0.2) is 0 Å². The number of phenolic OH excluding ortho intramolecular Hbond substituents is 1. The smallest absolute Gasteiger partial charge is 0.508 e. The van der Waals surface area contributed by atoms with E-state index in [0.717, 1.165) is 17.0 Å². The Balaban J connectivity index is 1.80. The van der Waals surface area contributed by atoms with Crippen LogP contribution in [0.25, 0.3) is 5.76 Å². The van der Waals surface area contributed by atoms with Gasteiger partial charge < -0.3 is 19.7 Å². The van der Waals surface area contributed by atoms with E-state index in [1.165, 1.54) is 48.5 Å². The number of halogens is 3. The molecule has 4 rings (SSSR count). The quantitative estimate of drug-likeness (QED) is 0.249. The number of aliphatic hydroxyl groups is 1. The Morgan fingerprint density at radius 2 is 1.46 bits per heavy atom. The van der Waals surface area contributed by atoms with Gasteiger partial charge in [0.2, 0.25) is 0 Å². The van der Waals surface area contributed by atoms with E-state index in [-0.39, 0.29) is 28.7 Å². The second kappa shape index (κ2) is 9.88. The zero-order chi connectivity index (χ0) is 26.9. The van der Waals surface area contributed by atoms with E-state index in [2.05, 4.69) is 4.74 Å². The fraction of sp³-hybridized carbons (Fsp3) is 0.185. The fourth-order valence-corrected chi connectivity index (χ4v) is 4.00. The molecule has 1 amide bonds. The number of benzene rings is 3. The van der Waals surface area contributed by atoms with Crippen molar-refractivity contribution in [2.24, 2.45) is 0 Å². The van der Waals surface area contributed by atoms with E-state index < -0.39 is 35.6 Å². The monoisotopic (exact) mass is 513 g/mol. The number of amides is 1. The van der Waals surface area contributed by atoms with E-state index in [0.29, 0.717) is 11.3 Å². The molecule has 1 fully saturated rings. The van der Waals surface area contributed by atoms with Gasteiger partial charge in [-0.15, -0.1) is 13.2 Å². The van der Waals surface area contributed by atoms with Crippen LogP contribution in [0.15, 0.2) is 78.4 Å². The van der Waals surface area contributed by atoms with Crippen molar-refractivity contribution in [3.05, 3.63) is 89.5 Å². The summed E-state index contributed by atoms with van der Waals surface area (Å²) in [5.41, 5.74) is 0.527. The summed E-state index contributed by atoms with van der Waals surface area (Å²) < 4.78 is 47.2. The van der Waals surface area contributed by atoms with Crippen molar-refractivity contribution in [3.8, 4) is 17.2 Å². The zero-order valence-corrected chi connectivity index (χ0v) is 19.7. The Morgan fingerprint density at radius 1 is 0.892 bits per heavy atom. The van der Waals surface area contributed by atoms with Gasteiger partial charge in [-0.1, -0.05) is 12.1 Å². The minimum Gasteiger partial charge on any atom is -0.508 e. The minimum absolute atomic E-state index is 0.0601. The van der Waals surface area contributed by atoms with Crippen molar-refractivity contribution in [2.75, 3.05) is 4.90 Å². The molecule has 1 aliphatic heterocycles. The molecule has 2 N–H and O–H groups in total. The molecule has 10 heteroatoms. The van der Waals surface area contributed by atoms with Gasteiger partial charge in [0.15, 0.2) is 0 Å². The van der Waals surface area contributed by atoms with Gasteiger partial charge in [-0.05, 0) is 80.1 Å². The van der Waals surface area contributed by atoms with Gasteiger partial charge in [0.25, 0.3) is 11.7 Å². The number of alkyl halides is 3. The molecule has 0 aromatic heterocycles. The molecule has 7 nitrogen and oxygen atoms in total. The number of ketones is 1. The summed E-state index contributed by atoms with van der Waals surface area (Å²) >= 11 is 0. The minimum atomic E-state index is -4.90. The van der Waals surface area contributed by atoms with Crippen molar-refractivity contribution < 1.29 is 42.4 Å². The lowest BCUT2D eigenvalue weighted by molar-refractivity contribution is -0.274. The maximum absolute atomic E-state index is 13.2. The van der Waals surface area contributed by atoms with E-state index in [1.807, 2.05) is 13.8 Å². The number of carbonyl (C=O) groups excluding carboxylic acids is 2. The van der Waals surface area contributed by atoms with E-state index in [1.54, 1.807) is 12.1 Å². The molecule has 0 radical (unpaired) electrons. The maximum atomic E-state index is 13.2. The van der Waals surface area contributed by atoms with E-state index in [9.17, 15) is 33.0 Å². The summed E-state index contributed by atoms with van der Waals surface area (Å²) in [5.74, 6) is -2.42. The van der Waals surface area contributed by atoms with Crippen LogP contribution in [0.4, 0.5) is 18.9 Å². The first kappa shape index (κ1) is 25.6. The summed E-state index contributed by atoms with van der Waals surface area (Å²) in [7, 11) is 0. The Kier molecular flexibility index (Phi) is 6.84. The Morgan fingerprint density at radius 3 is 2.00 bits per heavy atom. The first-order chi connectivity index (χ1) is 17.4. The lowest BCUT2D eigenvalue weighted by atomic mass is 9.95. The van der Waals surface area contributed by atoms with Crippen LogP contribution in [-0.4, -0.2) is 34.4 Å². The molecule has 37 heavy (non-hydrogen) atoms. The Bertz CT molecular complexity index is 1330. The molecule has 1 saturated heterocycles. The highest BCUT2D eigenvalue weighted by Crippen LogP contribution is 2.43.